The van der Waals surface area contributed by atoms with E-state index in [9.17, 15) is 34.2 Å². The van der Waals surface area contributed by atoms with Crippen molar-refractivity contribution in [2.24, 2.45) is 5.92 Å². The number of carboxylic acids is 1. The predicted octanol–water partition coefficient (Wildman–Crippen LogP) is -2.77. The van der Waals surface area contributed by atoms with Gasteiger partial charge in [-0.05, 0) is 17.5 Å². The largest absolute Gasteiger partial charge is 0.479 e. The molecule has 0 saturated heterocycles. The van der Waals surface area contributed by atoms with Crippen LogP contribution in [0.5, 0.6) is 0 Å². The van der Waals surface area contributed by atoms with Crippen LogP contribution in [0.2, 0.25) is 0 Å². The fourth-order valence-electron chi connectivity index (χ4n) is 4.02. The van der Waals surface area contributed by atoms with E-state index in [-0.39, 0.29) is 18.8 Å². The van der Waals surface area contributed by atoms with Gasteiger partial charge >= 0.3 is 5.97 Å². The first kappa shape index (κ1) is 29.1. The number of carboxylic acid groups (broad SMARTS) is 1. The standard InChI is InChI=1S/C23H30N8O8/c1-3-11(2)17(26-22(37)18(33)19(34)23(38)39)21(36)25-10-16(32)31-13-7-5-4-6-12(13)8-14(31)20(35)24-9-15-27-29-30-28-15/h4-7,11,14,17-19,33-34H,3,8-10H2,1-2H3,(H,24,35)(H,25,36)(H,26,37)(H,38,39)(H,27,28,29,30)/t11-,14-,17-,18+,19+/m0/s1. The highest BCUT2D eigenvalue weighted by atomic mass is 16.4. The molecule has 3 rings (SSSR count). The van der Waals surface area contributed by atoms with Gasteiger partial charge in [0.2, 0.25) is 17.7 Å². The average Bonchev–Trinajstić information content (AvgIpc) is 3.59. The van der Waals surface area contributed by atoms with Gasteiger partial charge in [-0.2, -0.15) is 5.21 Å². The number of carbonyl (C=O) groups excluding carboxylic acids is 4. The van der Waals surface area contributed by atoms with Gasteiger partial charge in [0.15, 0.2) is 18.0 Å². The summed E-state index contributed by atoms with van der Waals surface area (Å²) in [6.45, 7) is 2.83. The fraction of sp³-hybridized carbons (Fsp3) is 0.478. The van der Waals surface area contributed by atoms with Crippen LogP contribution >= 0.6 is 0 Å². The minimum absolute atomic E-state index is 0.0142. The number of hydrogen-bond acceptors (Lipinski definition) is 10. The summed E-state index contributed by atoms with van der Waals surface area (Å²) in [5.74, 6) is -5.13. The van der Waals surface area contributed by atoms with Gasteiger partial charge in [-0.15, -0.1) is 10.2 Å². The summed E-state index contributed by atoms with van der Waals surface area (Å²) in [5.41, 5.74) is 1.27. The smallest absolute Gasteiger partial charge is 0.335 e. The number of aromatic amines is 1. The Bertz CT molecular complexity index is 1210. The van der Waals surface area contributed by atoms with Gasteiger partial charge < -0.3 is 31.3 Å². The molecule has 16 nitrogen and oxygen atoms in total. The molecule has 16 heteroatoms. The van der Waals surface area contributed by atoms with Crippen LogP contribution in [0.15, 0.2) is 24.3 Å². The molecule has 1 aliphatic heterocycles. The number of carbonyl (C=O) groups is 5. The van der Waals surface area contributed by atoms with Crippen LogP contribution in [-0.4, -0.2) is 96.4 Å². The van der Waals surface area contributed by atoms with Gasteiger partial charge in [0.25, 0.3) is 5.91 Å². The lowest BCUT2D eigenvalue weighted by Gasteiger charge is -2.27. The molecular formula is C23H30N8O8. The molecule has 1 aromatic heterocycles. The van der Waals surface area contributed by atoms with E-state index in [4.69, 9.17) is 5.11 Å². The second-order valence-corrected chi connectivity index (χ2v) is 8.98. The molecule has 0 fully saturated rings. The minimum Gasteiger partial charge on any atom is -0.479 e. The normalized spacial score (nSPS) is 17.3. The van der Waals surface area contributed by atoms with Crippen molar-refractivity contribution in [2.45, 2.75) is 57.5 Å². The number of tetrazole rings is 1. The van der Waals surface area contributed by atoms with Crippen molar-refractivity contribution in [1.82, 2.24) is 36.6 Å². The number of aliphatic carboxylic acids is 1. The summed E-state index contributed by atoms with van der Waals surface area (Å²) >= 11 is 0. The van der Waals surface area contributed by atoms with Crippen LogP contribution in [0, 0.1) is 5.92 Å². The Morgan fingerprint density at radius 3 is 2.46 bits per heavy atom. The average molecular weight is 547 g/mol. The SMILES string of the molecule is CC[C@H](C)[C@H](NC(=O)[C@H](O)[C@@H](O)C(=O)O)C(=O)NCC(=O)N1c2ccccc2C[C@H]1C(=O)NCc1nn[nH]n1. The van der Waals surface area contributed by atoms with Gasteiger partial charge in [0.05, 0.1) is 13.1 Å². The molecule has 210 valence electrons. The van der Waals surface area contributed by atoms with E-state index in [1.54, 1.807) is 38.1 Å². The van der Waals surface area contributed by atoms with Crippen LogP contribution in [0.1, 0.15) is 31.7 Å². The third-order valence-electron chi connectivity index (χ3n) is 6.39. The lowest BCUT2D eigenvalue weighted by Crippen LogP contribution is -2.57. The maximum absolute atomic E-state index is 13.3. The van der Waals surface area contributed by atoms with Crippen LogP contribution in [0.4, 0.5) is 5.69 Å². The number of aromatic nitrogens is 4. The van der Waals surface area contributed by atoms with E-state index in [0.717, 1.165) is 5.56 Å². The number of H-pyrrole nitrogens is 1. The molecule has 7 N–H and O–H groups in total. The maximum Gasteiger partial charge on any atom is 0.335 e. The number of benzene rings is 1. The molecule has 1 aliphatic rings. The molecule has 39 heavy (non-hydrogen) atoms. The van der Waals surface area contributed by atoms with E-state index in [2.05, 4.69) is 36.6 Å². The minimum atomic E-state index is -2.38. The summed E-state index contributed by atoms with van der Waals surface area (Å²) in [6, 6.07) is 4.80. The number of anilines is 1. The molecule has 0 unspecified atom stereocenters. The van der Waals surface area contributed by atoms with Crippen LogP contribution in [0.25, 0.3) is 0 Å². The number of hydrogen-bond donors (Lipinski definition) is 7. The Morgan fingerprint density at radius 1 is 1.10 bits per heavy atom. The number of amides is 4. The Kier molecular flexibility index (Phi) is 9.62. The number of para-hydroxylation sites is 1. The quantitative estimate of drug-likeness (QED) is 0.144. The first-order valence-corrected chi connectivity index (χ1v) is 12.1. The van der Waals surface area contributed by atoms with Gasteiger partial charge in [-0.3, -0.25) is 24.1 Å². The third kappa shape index (κ3) is 6.91. The molecule has 0 spiro atoms. The highest BCUT2D eigenvalue weighted by molar-refractivity contribution is 6.05. The summed E-state index contributed by atoms with van der Waals surface area (Å²) in [6.07, 6.45) is -4.04. The Hall–Kier alpha value is -4.44. The number of nitrogens with one attached hydrogen (secondary N) is 4. The molecule has 0 aliphatic carbocycles. The number of rotatable bonds is 12. The summed E-state index contributed by atoms with van der Waals surface area (Å²) in [4.78, 5) is 63.6. The number of aliphatic hydroxyl groups is 2. The Labute approximate surface area is 222 Å². The highest BCUT2D eigenvalue weighted by Gasteiger charge is 2.39. The van der Waals surface area contributed by atoms with Gasteiger partial charge in [-0.1, -0.05) is 43.7 Å². The second-order valence-electron chi connectivity index (χ2n) is 8.98. The lowest BCUT2D eigenvalue weighted by molar-refractivity contribution is -0.158. The van der Waals surface area contributed by atoms with E-state index in [1.807, 2.05) is 0 Å². The van der Waals surface area contributed by atoms with Gasteiger partial charge in [0, 0.05) is 12.1 Å². The summed E-state index contributed by atoms with van der Waals surface area (Å²) in [7, 11) is 0. The topological polar surface area (TPSA) is 240 Å². The maximum atomic E-state index is 13.3. The molecule has 1 aromatic carbocycles. The first-order valence-electron chi connectivity index (χ1n) is 12.1. The highest BCUT2D eigenvalue weighted by Crippen LogP contribution is 2.32. The van der Waals surface area contributed by atoms with Crippen molar-refractivity contribution in [3.63, 3.8) is 0 Å². The molecule has 2 heterocycles. The zero-order chi connectivity index (χ0) is 28.7. The zero-order valence-electron chi connectivity index (χ0n) is 21.2. The predicted molar refractivity (Wildman–Crippen MR) is 131 cm³/mol. The molecule has 5 atom stereocenters. The lowest BCUT2D eigenvalue weighted by atomic mass is 9.97. The molecule has 2 aromatic rings. The monoisotopic (exact) mass is 546 g/mol. The molecule has 0 radical (unpaired) electrons. The van der Waals surface area contributed by atoms with Crippen molar-refractivity contribution in [3.8, 4) is 0 Å². The number of aliphatic hydroxyl groups excluding tert-OH is 2. The van der Waals surface area contributed by atoms with Crippen molar-refractivity contribution in [2.75, 3.05) is 11.4 Å². The van der Waals surface area contributed by atoms with E-state index >= 15 is 0 Å². The summed E-state index contributed by atoms with van der Waals surface area (Å²) in [5, 5.41) is 48.6. The molecule has 4 amide bonds. The first-order chi connectivity index (χ1) is 18.5. The van der Waals surface area contributed by atoms with Crippen LogP contribution in [0.3, 0.4) is 0 Å². The van der Waals surface area contributed by atoms with E-state index < -0.39 is 66.4 Å². The van der Waals surface area contributed by atoms with Crippen molar-refractivity contribution in [3.05, 3.63) is 35.7 Å². The zero-order valence-corrected chi connectivity index (χ0v) is 21.2. The van der Waals surface area contributed by atoms with Crippen LogP contribution < -0.4 is 20.9 Å². The van der Waals surface area contributed by atoms with Crippen molar-refractivity contribution >= 4 is 35.3 Å². The Morgan fingerprint density at radius 2 is 1.82 bits per heavy atom. The number of nitrogens with zero attached hydrogens (tertiary/aromatic N) is 4. The van der Waals surface area contributed by atoms with E-state index in [0.29, 0.717) is 12.1 Å². The Balaban J connectivity index is 1.69. The van der Waals surface area contributed by atoms with Gasteiger partial charge in [0.1, 0.15) is 12.1 Å². The number of fused-ring (bicyclic) bond motifs is 1. The third-order valence-corrected chi connectivity index (χ3v) is 6.39. The summed E-state index contributed by atoms with van der Waals surface area (Å²) < 4.78 is 0. The second kappa shape index (κ2) is 12.9. The van der Waals surface area contributed by atoms with Crippen molar-refractivity contribution in [1.29, 1.82) is 0 Å². The van der Waals surface area contributed by atoms with Crippen LogP contribution in [-0.2, 0) is 36.9 Å². The van der Waals surface area contributed by atoms with Crippen molar-refractivity contribution < 1.29 is 39.3 Å². The molecular weight excluding hydrogens is 516 g/mol. The molecule has 0 saturated carbocycles. The van der Waals surface area contributed by atoms with Gasteiger partial charge in [-0.25, -0.2) is 4.79 Å². The van der Waals surface area contributed by atoms with E-state index in [1.165, 1.54) is 4.90 Å². The fourth-order valence-corrected chi connectivity index (χ4v) is 4.02. The molecule has 0 bridgehead atoms.